The summed E-state index contributed by atoms with van der Waals surface area (Å²) in [6.45, 7) is 3.07. The van der Waals surface area contributed by atoms with Crippen molar-refractivity contribution < 1.29 is 0 Å². The molecule has 1 saturated heterocycles. The molecule has 0 aliphatic carbocycles. The molecule has 1 heterocycles. The average molecular weight is 241 g/mol. The van der Waals surface area contributed by atoms with Crippen LogP contribution in [-0.4, -0.2) is 29.4 Å². The number of rotatable bonds is 1. The van der Waals surface area contributed by atoms with E-state index in [1.165, 1.54) is 0 Å². The number of halogens is 1. The van der Waals surface area contributed by atoms with Crippen molar-refractivity contribution in [2.45, 2.75) is 6.92 Å². The third kappa shape index (κ3) is 2.29. The van der Waals surface area contributed by atoms with Crippen LogP contribution >= 0.6 is 23.4 Å². The van der Waals surface area contributed by atoms with E-state index in [1.54, 1.807) is 11.8 Å². The predicted molar refractivity (Wildman–Crippen MR) is 68.4 cm³/mol. The van der Waals surface area contributed by atoms with Crippen molar-refractivity contribution in [2.24, 2.45) is 4.99 Å². The monoisotopic (exact) mass is 240 g/mol. The van der Waals surface area contributed by atoms with Crippen molar-refractivity contribution in [3.8, 4) is 0 Å². The van der Waals surface area contributed by atoms with E-state index in [0.717, 1.165) is 33.7 Å². The molecule has 1 aromatic carbocycles. The van der Waals surface area contributed by atoms with Gasteiger partial charge in [0.2, 0.25) is 0 Å². The van der Waals surface area contributed by atoms with E-state index in [-0.39, 0.29) is 0 Å². The van der Waals surface area contributed by atoms with Gasteiger partial charge in [0.15, 0.2) is 5.17 Å². The number of hydrogen-bond donors (Lipinski definition) is 0. The minimum absolute atomic E-state index is 0.780. The number of hydrogen-bond acceptors (Lipinski definition) is 2. The molecule has 2 rings (SSSR count). The molecule has 0 unspecified atom stereocenters. The van der Waals surface area contributed by atoms with Crippen LogP contribution in [0.1, 0.15) is 5.56 Å². The number of amidine groups is 1. The lowest BCUT2D eigenvalue weighted by molar-refractivity contribution is 0.563. The molecule has 0 spiro atoms. The number of benzene rings is 1. The van der Waals surface area contributed by atoms with Crippen LogP contribution in [0.5, 0.6) is 0 Å². The first-order valence-electron chi connectivity index (χ1n) is 4.86. The lowest BCUT2D eigenvalue weighted by Gasteiger charge is -2.10. The lowest BCUT2D eigenvalue weighted by atomic mass is 10.2. The fourth-order valence-electron chi connectivity index (χ4n) is 1.42. The van der Waals surface area contributed by atoms with Gasteiger partial charge in [0, 0.05) is 24.4 Å². The maximum Gasteiger partial charge on any atom is 0.164 e. The highest BCUT2D eigenvalue weighted by atomic mass is 35.5. The van der Waals surface area contributed by atoms with E-state index in [1.807, 2.05) is 25.1 Å². The Balaban J connectivity index is 2.34. The summed E-state index contributed by atoms with van der Waals surface area (Å²) in [7, 11) is 2.07. The van der Waals surface area contributed by atoms with Gasteiger partial charge in [0.25, 0.3) is 0 Å². The molecule has 0 atom stereocenters. The predicted octanol–water partition coefficient (Wildman–Crippen LogP) is 3.31. The Morgan fingerprint density at radius 1 is 1.47 bits per heavy atom. The van der Waals surface area contributed by atoms with Crippen molar-refractivity contribution in [3.63, 3.8) is 0 Å². The molecule has 15 heavy (non-hydrogen) atoms. The van der Waals surface area contributed by atoms with Gasteiger partial charge in [0.05, 0.1) is 5.69 Å². The van der Waals surface area contributed by atoms with E-state index in [9.17, 15) is 0 Å². The number of nitrogens with zero attached hydrogens (tertiary/aromatic N) is 2. The molecule has 1 aromatic rings. The Morgan fingerprint density at radius 3 is 2.93 bits per heavy atom. The molecule has 0 N–H and O–H groups in total. The Kier molecular flexibility index (Phi) is 3.22. The van der Waals surface area contributed by atoms with Crippen LogP contribution in [0.2, 0.25) is 5.02 Å². The maximum atomic E-state index is 6.05. The van der Waals surface area contributed by atoms with Crippen LogP contribution in [0.4, 0.5) is 5.69 Å². The first-order valence-corrected chi connectivity index (χ1v) is 6.22. The van der Waals surface area contributed by atoms with Crippen LogP contribution in [0, 0.1) is 6.92 Å². The Bertz CT molecular complexity index is 404. The normalized spacial score (nSPS) is 18.9. The Hall–Kier alpha value is -0.670. The third-order valence-corrected chi connectivity index (χ3v) is 3.90. The smallest absolute Gasteiger partial charge is 0.164 e. The molecule has 2 nitrogen and oxygen atoms in total. The van der Waals surface area contributed by atoms with Gasteiger partial charge in [-0.1, -0.05) is 29.4 Å². The van der Waals surface area contributed by atoms with Crippen LogP contribution in [0.25, 0.3) is 0 Å². The second-order valence-corrected chi connectivity index (χ2v) is 5.02. The molecular formula is C11H13ClN2S. The van der Waals surface area contributed by atoms with Gasteiger partial charge < -0.3 is 4.90 Å². The summed E-state index contributed by atoms with van der Waals surface area (Å²) in [5.41, 5.74) is 2.02. The first-order chi connectivity index (χ1) is 7.18. The lowest BCUT2D eigenvalue weighted by Crippen LogP contribution is -2.17. The zero-order valence-electron chi connectivity index (χ0n) is 8.83. The minimum atomic E-state index is 0.780. The maximum absolute atomic E-state index is 6.05. The summed E-state index contributed by atoms with van der Waals surface area (Å²) in [4.78, 5) is 6.79. The molecule has 0 saturated carbocycles. The zero-order chi connectivity index (χ0) is 10.8. The van der Waals surface area contributed by atoms with Gasteiger partial charge in [-0.05, 0) is 24.6 Å². The molecular weight excluding hydrogens is 228 g/mol. The molecule has 1 fully saturated rings. The largest absolute Gasteiger partial charge is 0.353 e. The highest BCUT2D eigenvalue weighted by Gasteiger charge is 2.15. The van der Waals surface area contributed by atoms with Gasteiger partial charge in [-0.15, -0.1) is 0 Å². The highest BCUT2D eigenvalue weighted by Crippen LogP contribution is 2.28. The average Bonchev–Trinajstić information content (AvgIpc) is 2.60. The fourth-order valence-corrected chi connectivity index (χ4v) is 2.61. The SMILES string of the molecule is Cc1c(Cl)cccc1N=C1SCCN1C. The van der Waals surface area contributed by atoms with Crippen LogP contribution in [-0.2, 0) is 0 Å². The van der Waals surface area contributed by atoms with Crippen molar-refractivity contribution >= 4 is 34.2 Å². The minimum Gasteiger partial charge on any atom is -0.353 e. The molecule has 0 radical (unpaired) electrons. The second kappa shape index (κ2) is 4.45. The van der Waals surface area contributed by atoms with Crippen molar-refractivity contribution in [2.75, 3.05) is 19.3 Å². The van der Waals surface area contributed by atoms with Crippen molar-refractivity contribution in [1.29, 1.82) is 0 Å². The van der Waals surface area contributed by atoms with Crippen molar-refractivity contribution in [1.82, 2.24) is 4.90 Å². The highest BCUT2D eigenvalue weighted by molar-refractivity contribution is 8.14. The van der Waals surface area contributed by atoms with Gasteiger partial charge in [0.1, 0.15) is 0 Å². The van der Waals surface area contributed by atoms with E-state index in [2.05, 4.69) is 16.9 Å². The Labute approximate surface area is 99.3 Å². The van der Waals surface area contributed by atoms with Crippen LogP contribution < -0.4 is 0 Å². The van der Waals surface area contributed by atoms with Crippen LogP contribution in [0.3, 0.4) is 0 Å². The van der Waals surface area contributed by atoms with E-state index < -0.39 is 0 Å². The molecule has 4 heteroatoms. The summed E-state index contributed by atoms with van der Waals surface area (Å²) in [6, 6.07) is 5.83. The molecule has 0 aromatic heterocycles. The summed E-state index contributed by atoms with van der Waals surface area (Å²) in [5.74, 6) is 1.12. The zero-order valence-corrected chi connectivity index (χ0v) is 10.4. The third-order valence-electron chi connectivity index (χ3n) is 2.44. The summed E-state index contributed by atoms with van der Waals surface area (Å²) in [5, 5.41) is 1.86. The van der Waals surface area contributed by atoms with Gasteiger partial charge in [-0.2, -0.15) is 0 Å². The topological polar surface area (TPSA) is 15.6 Å². The van der Waals surface area contributed by atoms with Gasteiger partial charge in [-0.3, -0.25) is 0 Å². The first kappa shape index (κ1) is 10.8. The molecule has 80 valence electrons. The molecule has 0 bridgehead atoms. The van der Waals surface area contributed by atoms with Gasteiger partial charge in [-0.25, -0.2) is 4.99 Å². The van der Waals surface area contributed by atoms with Crippen molar-refractivity contribution in [3.05, 3.63) is 28.8 Å². The standard InChI is InChI=1S/C11H13ClN2S/c1-8-9(12)4-3-5-10(8)13-11-14(2)6-7-15-11/h3-5H,6-7H2,1-2H3. The summed E-state index contributed by atoms with van der Waals surface area (Å²) >= 11 is 7.84. The molecule has 0 amide bonds. The van der Waals surface area contributed by atoms with Gasteiger partial charge >= 0.3 is 0 Å². The molecule has 1 aliphatic rings. The number of thioether (sulfide) groups is 1. The second-order valence-electron chi connectivity index (χ2n) is 3.55. The summed E-state index contributed by atoms with van der Waals surface area (Å²) < 4.78 is 0. The summed E-state index contributed by atoms with van der Waals surface area (Å²) in [6.07, 6.45) is 0. The van der Waals surface area contributed by atoms with Crippen LogP contribution in [0.15, 0.2) is 23.2 Å². The molecule has 1 aliphatic heterocycles. The van der Waals surface area contributed by atoms with E-state index >= 15 is 0 Å². The number of aliphatic imine (C=N–C) groups is 1. The fraction of sp³-hybridized carbons (Fsp3) is 0.364. The quantitative estimate of drug-likeness (QED) is 0.749. The van der Waals surface area contributed by atoms with E-state index in [0.29, 0.717) is 0 Å². The Morgan fingerprint density at radius 2 is 2.27 bits per heavy atom. The van der Waals surface area contributed by atoms with E-state index in [4.69, 9.17) is 11.6 Å².